The van der Waals surface area contributed by atoms with Gasteiger partial charge in [-0.05, 0) is 18.0 Å². The van der Waals surface area contributed by atoms with E-state index in [9.17, 15) is 13.2 Å². The number of aliphatic imine (C=N–C) groups is 1. The van der Waals surface area contributed by atoms with Crippen LogP contribution in [0.15, 0.2) is 15.6 Å². The molecule has 0 radical (unpaired) electrons. The maximum atomic E-state index is 11.6. The molecule has 12 heavy (non-hydrogen) atoms. The van der Waals surface area contributed by atoms with E-state index in [2.05, 4.69) is 4.99 Å². The van der Waals surface area contributed by atoms with E-state index >= 15 is 0 Å². The summed E-state index contributed by atoms with van der Waals surface area (Å²) in [4.78, 5) is 2.69. The van der Waals surface area contributed by atoms with Gasteiger partial charge in [0.2, 0.25) is 0 Å². The fourth-order valence-corrected chi connectivity index (χ4v) is 1.34. The zero-order valence-corrected chi connectivity index (χ0v) is 7.78. The van der Waals surface area contributed by atoms with Crippen molar-refractivity contribution in [2.45, 2.75) is 6.92 Å². The van der Waals surface area contributed by atoms with Crippen LogP contribution in [-0.4, -0.2) is 20.7 Å². The second kappa shape index (κ2) is 5.23. The Balaban J connectivity index is 4.92. The third-order valence-corrected chi connectivity index (χ3v) is 2.18. The van der Waals surface area contributed by atoms with Crippen molar-refractivity contribution in [1.82, 2.24) is 0 Å². The van der Waals surface area contributed by atoms with Crippen LogP contribution >= 0.6 is 11.6 Å². The summed E-state index contributed by atoms with van der Waals surface area (Å²) in [7, 11) is 0. The van der Waals surface area contributed by atoms with Gasteiger partial charge in [0.05, 0.1) is 4.91 Å². The molecule has 7 heteroatoms. The van der Waals surface area contributed by atoms with E-state index in [1.165, 1.54) is 6.92 Å². The van der Waals surface area contributed by atoms with E-state index < -0.39 is 23.0 Å². The lowest BCUT2D eigenvalue weighted by Gasteiger charge is -2.09. The van der Waals surface area contributed by atoms with Crippen molar-refractivity contribution >= 4 is 27.9 Å². The highest BCUT2D eigenvalue weighted by atomic mass is 35.5. The first-order chi connectivity index (χ1) is 5.50. The van der Waals surface area contributed by atoms with E-state index in [1.807, 2.05) is 0 Å². The molecule has 0 spiro atoms. The maximum absolute atomic E-state index is 11.6. The zero-order valence-electron chi connectivity index (χ0n) is 6.21. The van der Waals surface area contributed by atoms with E-state index in [1.54, 1.807) is 0 Å². The Morgan fingerprint density at radius 3 is 2.58 bits per heavy atom. The fourth-order valence-electron chi connectivity index (χ4n) is 0.487. The lowest BCUT2D eigenvalue weighted by Crippen LogP contribution is -2.09. The molecule has 0 heterocycles. The van der Waals surface area contributed by atoms with Gasteiger partial charge in [-0.1, -0.05) is 11.6 Å². The summed E-state index contributed by atoms with van der Waals surface area (Å²) in [6.45, 7) is 0.258. The molecule has 0 aromatic carbocycles. The molecule has 0 rings (SSSR count). The second-order valence-corrected chi connectivity index (χ2v) is 3.05. The molecule has 1 unspecified atom stereocenters. The summed E-state index contributed by atoms with van der Waals surface area (Å²) in [6, 6.07) is 0. The summed E-state index contributed by atoms with van der Waals surface area (Å²) in [6.07, 6.45) is 0. The molecule has 1 atom stereocenters. The van der Waals surface area contributed by atoms with Gasteiger partial charge in [-0.3, -0.25) is 4.21 Å². The van der Waals surface area contributed by atoms with Gasteiger partial charge in [0.25, 0.3) is 0 Å². The summed E-state index contributed by atoms with van der Waals surface area (Å²) >= 11 is 2.73. The zero-order chi connectivity index (χ0) is 9.72. The highest BCUT2D eigenvalue weighted by Crippen LogP contribution is 2.09. The van der Waals surface area contributed by atoms with Crippen LogP contribution in [0.4, 0.5) is 4.39 Å². The number of halogens is 2. The van der Waals surface area contributed by atoms with Gasteiger partial charge >= 0.3 is 0 Å². The summed E-state index contributed by atoms with van der Waals surface area (Å²) < 4.78 is 32.5. The Morgan fingerprint density at radius 1 is 1.83 bits per heavy atom. The topological polar surface area (TPSA) is 78.5 Å². The quantitative estimate of drug-likeness (QED) is 0.424. The minimum atomic E-state index is -2.59. The first-order valence-electron chi connectivity index (χ1n) is 2.82. The van der Waals surface area contributed by atoms with Gasteiger partial charge in [-0.25, -0.2) is 9.38 Å². The molecule has 0 aliphatic carbocycles. The van der Waals surface area contributed by atoms with Crippen LogP contribution in [0.2, 0.25) is 0 Å². The Kier molecular flexibility index (Phi) is 5.03. The van der Waals surface area contributed by atoms with Gasteiger partial charge in [0, 0.05) is 5.70 Å². The summed E-state index contributed by atoms with van der Waals surface area (Å²) in [5, 5.41) is -0.439. The number of hydrogen-bond donors (Lipinski definition) is 1. The Bertz CT molecular complexity index is 250. The Hall–Kier alpha value is -0.460. The molecule has 0 aromatic heterocycles. The van der Waals surface area contributed by atoms with Crippen LogP contribution in [0, 0.1) is 0 Å². The third kappa shape index (κ3) is 3.29. The smallest absolute Gasteiger partial charge is 0.181 e. The minimum Gasteiger partial charge on any atom is -0.768 e. The van der Waals surface area contributed by atoms with Crippen LogP contribution in [-0.2, 0) is 11.1 Å². The highest BCUT2D eigenvalue weighted by Gasteiger charge is 2.07. The molecule has 0 aliphatic heterocycles. The van der Waals surface area contributed by atoms with Gasteiger partial charge < -0.3 is 10.3 Å². The number of alkyl halides is 1. The maximum Gasteiger partial charge on any atom is 0.181 e. The van der Waals surface area contributed by atoms with Crippen molar-refractivity contribution in [3.63, 3.8) is 0 Å². The number of rotatable bonds is 3. The highest BCUT2D eigenvalue weighted by molar-refractivity contribution is 7.84. The first kappa shape index (κ1) is 11.5. The first-order valence-corrected chi connectivity index (χ1v) is 4.28. The average Bonchev–Trinajstić information content (AvgIpc) is 1.85. The third-order valence-electron chi connectivity index (χ3n) is 0.911. The standard InChI is InChI=1S/C5H8ClFN2O2S/c1-3(8)4(12(10)11)5(6)9-2-7/h2,8H2,1H3,(H,10,11)/p-1. The van der Waals surface area contributed by atoms with Crippen LogP contribution < -0.4 is 5.73 Å². The largest absolute Gasteiger partial charge is 0.768 e. The van der Waals surface area contributed by atoms with Gasteiger partial charge in [-0.2, -0.15) is 0 Å². The van der Waals surface area contributed by atoms with Crippen molar-refractivity contribution in [1.29, 1.82) is 0 Å². The molecule has 0 fully saturated rings. The van der Waals surface area contributed by atoms with Crippen LogP contribution in [0.3, 0.4) is 0 Å². The van der Waals surface area contributed by atoms with Crippen molar-refractivity contribution in [2.75, 3.05) is 6.80 Å². The minimum absolute atomic E-state index is 0.0227. The average molecular weight is 214 g/mol. The predicted molar refractivity (Wildman–Crippen MR) is 45.1 cm³/mol. The molecule has 0 saturated heterocycles. The molecule has 70 valence electrons. The van der Waals surface area contributed by atoms with E-state index in [4.69, 9.17) is 17.3 Å². The van der Waals surface area contributed by atoms with Crippen molar-refractivity contribution in [3.05, 3.63) is 10.6 Å². The molecule has 0 aromatic rings. The molecule has 2 N–H and O–H groups in total. The van der Waals surface area contributed by atoms with E-state index in [0.717, 1.165) is 0 Å². The molecule has 0 amide bonds. The number of allylic oxidation sites excluding steroid dienone is 2. The lowest BCUT2D eigenvalue weighted by atomic mass is 10.4. The number of hydrogen-bond acceptors (Lipinski definition) is 4. The Morgan fingerprint density at radius 2 is 2.33 bits per heavy atom. The fraction of sp³-hybridized carbons (Fsp3) is 0.400. The van der Waals surface area contributed by atoms with Crippen LogP contribution in [0.1, 0.15) is 6.92 Å². The second-order valence-electron chi connectivity index (χ2n) is 1.82. The van der Waals surface area contributed by atoms with Crippen molar-refractivity contribution < 1.29 is 13.2 Å². The summed E-state index contributed by atoms with van der Waals surface area (Å²) in [5.74, 6) is 0. The Labute approximate surface area is 76.6 Å². The number of nitrogens with two attached hydrogens (primary N) is 1. The lowest BCUT2D eigenvalue weighted by molar-refractivity contribution is 0.513. The normalized spacial score (nSPS) is 17.2. The van der Waals surface area contributed by atoms with E-state index in [-0.39, 0.29) is 10.6 Å². The monoisotopic (exact) mass is 213 g/mol. The van der Waals surface area contributed by atoms with Gasteiger partial charge in [0.1, 0.15) is 5.17 Å². The molecular weight excluding hydrogens is 207 g/mol. The molecule has 0 aliphatic rings. The molecular formula is C5H7ClFN2O2S-. The van der Waals surface area contributed by atoms with Crippen LogP contribution in [0.25, 0.3) is 0 Å². The molecule has 0 saturated carbocycles. The molecule has 0 bridgehead atoms. The SMILES string of the molecule is CC(N)=C(C(Cl)=NCF)S(=O)[O-]. The van der Waals surface area contributed by atoms with Crippen LogP contribution in [0.5, 0.6) is 0 Å². The van der Waals surface area contributed by atoms with Crippen molar-refractivity contribution in [2.24, 2.45) is 10.7 Å². The van der Waals surface area contributed by atoms with Crippen molar-refractivity contribution in [3.8, 4) is 0 Å². The number of nitrogens with zero attached hydrogens (tertiary/aromatic N) is 1. The summed E-state index contributed by atoms with van der Waals surface area (Å²) in [5.41, 5.74) is 5.14. The van der Waals surface area contributed by atoms with Gasteiger partial charge in [0.15, 0.2) is 6.80 Å². The molecule has 4 nitrogen and oxygen atoms in total. The van der Waals surface area contributed by atoms with Gasteiger partial charge in [-0.15, -0.1) is 0 Å². The van der Waals surface area contributed by atoms with E-state index in [0.29, 0.717) is 0 Å². The predicted octanol–water partition coefficient (Wildman–Crippen LogP) is 0.620.